The van der Waals surface area contributed by atoms with Crippen LogP contribution >= 0.6 is 0 Å². The SMILES string of the molecule is CC(C)[Si](C(C)C)(C(C)C)[C@@H](CO)[C@H]1OC(C)(C)O[C@H]1CCOS(C)(=O)=O. The van der Waals surface area contributed by atoms with Crippen molar-refractivity contribution < 1.29 is 27.2 Å². The molecular formula is C19H40O6SSi. The van der Waals surface area contributed by atoms with E-state index in [4.69, 9.17) is 13.7 Å². The molecule has 1 aliphatic heterocycles. The van der Waals surface area contributed by atoms with Crippen LogP contribution in [-0.4, -0.2) is 59.1 Å². The predicted molar refractivity (Wildman–Crippen MR) is 111 cm³/mol. The first-order valence-corrected chi connectivity index (χ1v) is 14.1. The van der Waals surface area contributed by atoms with Crippen molar-refractivity contribution in [2.45, 2.75) is 102 Å². The fraction of sp³-hybridized carbons (Fsp3) is 1.00. The van der Waals surface area contributed by atoms with Crippen molar-refractivity contribution in [2.75, 3.05) is 19.5 Å². The lowest BCUT2D eigenvalue weighted by molar-refractivity contribution is -0.148. The molecule has 1 aliphatic rings. The van der Waals surface area contributed by atoms with E-state index in [2.05, 4.69) is 41.5 Å². The molecule has 6 nitrogen and oxygen atoms in total. The molecular weight excluding hydrogens is 384 g/mol. The highest BCUT2D eigenvalue weighted by Gasteiger charge is 2.56. The van der Waals surface area contributed by atoms with Crippen molar-refractivity contribution in [3.8, 4) is 0 Å². The van der Waals surface area contributed by atoms with Gasteiger partial charge < -0.3 is 14.6 Å². The monoisotopic (exact) mass is 424 g/mol. The van der Waals surface area contributed by atoms with Crippen molar-refractivity contribution in [2.24, 2.45) is 0 Å². The first-order chi connectivity index (χ1) is 12.2. The van der Waals surface area contributed by atoms with E-state index in [-0.39, 0.29) is 31.0 Å². The van der Waals surface area contributed by atoms with E-state index in [9.17, 15) is 13.5 Å². The largest absolute Gasteiger partial charge is 0.396 e. The van der Waals surface area contributed by atoms with Gasteiger partial charge in [0.05, 0.1) is 33.1 Å². The topological polar surface area (TPSA) is 82.1 Å². The average molecular weight is 425 g/mol. The Kier molecular flexibility index (Phi) is 8.55. The van der Waals surface area contributed by atoms with Gasteiger partial charge in [-0.25, -0.2) is 0 Å². The molecule has 27 heavy (non-hydrogen) atoms. The summed E-state index contributed by atoms with van der Waals surface area (Å²) < 4.78 is 40.0. The van der Waals surface area contributed by atoms with Gasteiger partial charge in [0, 0.05) is 18.6 Å². The smallest absolute Gasteiger partial charge is 0.264 e. The maximum atomic E-state index is 11.3. The second-order valence-corrected chi connectivity index (χ2v) is 17.1. The third-order valence-corrected chi connectivity index (χ3v) is 14.5. The molecule has 1 rings (SSSR count). The molecule has 0 bridgehead atoms. The van der Waals surface area contributed by atoms with Crippen LogP contribution in [0, 0.1) is 0 Å². The molecule has 8 heteroatoms. The second kappa shape index (κ2) is 9.22. The van der Waals surface area contributed by atoms with Crippen LogP contribution in [0.15, 0.2) is 0 Å². The predicted octanol–water partition coefficient (Wildman–Crippen LogP) is 3.91. The van der Waals surface area contributed by atoms with E-state index in [1.807, 2.05) is 13.8 Å². The minimum Gasteiger partial charge on any atom is -0.396 e. The van der Waals surface area contributed by atoms with Gasteiger partial charge >= 0.3 is 0 Å². The summed E-state index contributed by atoms with van der Waals surface area (Å²) in [6, 6.07) is 0. The van der Waals surface area contributed by atoms with Crippen molar-refractivity contribution in [3.05, 3.63) is 0 Å². The zero-order chi connectivity index (χ0) is 21.2. The van der Waals surface area contributed by atoms with Gasteiger partial charge in [0.1, 0.15) is 0 Å². The molecule has 0 spiro atoms. The molecule has 0 radical (unpaired) electrons. The molecule has 1 heterocycles. The van der Waals surface area contributed by atoms with Crippen LogP contribution in [-0.2, 0) is 23.8 Å². The van der Waals surface area contributed by atoms with Gasteiger partial charge in [-0.15, -0.1) is 0 Å². The minimum absolute atomic E-state index is 0.00232. The normalized spacial score (nSPS) is 24.9. The summed E-state index contributed by atoms with van der Waals surface area (Å²) in [6.07, 6.45) is 0.885. The van der Waals surface area contributed by atoms with Gasteiger partial charge in [-0.2, -0.15) is 8.42 Å². The quantitative estimate of drug-likeness (QED) is 0.423. The van der Waals surface area contributed by atoms with Crippen LogP contribution in [0.2, 0.25) is 22.2 Å². The Labute approximate surface area is 167 Å². The van der Waals surface area contributed by atoms with Crippen LogP contribution in [0.5, 0.6) is 0 Å². The number of aliphatic hydroxyl groups is 1. The molecule has 0 aromatic carbocycles. The zero-order valence-corrected chi connectivity index (χ0v) is 20.3. The molecule has 0 saturated carbocycles. The lowest BCUT2D eigenvalue weighted by Crippen LogP contribution is -2.55. The first kappa shape index (κ1) is 25.0. The van der Waals surface area contributed by atoms with Gasteiger partial charge in [-0.05, 0) is 13.8 Å². The van der Waals surface area contributed by atoms with Gasteiger partial charge in [0.2, 0.25) is 0 Å². The minimum atomic E-state index is -3.49. The Morgan fingerprint density at radius 2 is 1.52 bits per heavy atom. The summed E-state index contributed by atoms with van der Waals surface area (Å²) in [6.45, 7) is 17.4. The molecule has 0 aromatic heterocycles. The molecule has 0 aromatic rings. The van der Waals surface area contributed by atoms with E-state index in [1.54, 1.807) is 0 Å². The van der Waals surface area contributed by atoms with Gasteiger partial charge in [0.15, 0.2) is 5.79 Å². The van der Waals surface area contributed by atoms with Crippen LogP contribution in [0.3, 0.4) is 0 Å². The summed E-state index contributed by atoms with van der Waals surface area (Å²) >= 11 is 0. The second-order valence-electron chi connectivity index (χ2n) is 9.21. The van der Waals surface area contributed by atoms with Gasteiger partial charge in [-0.1, -0.05) is 58.2 Å². The van der Waals surface area contributed by atoms with Crippen LogP contribution < -0.4 is 0 Å². The molecule has 0 unspecified atom stereocenters. The summed E-state index contributed by atoms with van der Waals surface area (Å²) in [4.78, 5) is 0. The van der Waals surface area contributed by atoms with Gasteiger partial charge in [-0.3, -0.25) is 4.18 Å². The summed E-state index contributed by atoms with van der Waals surface area (Å²) in [7, 11) is -5.51. The Hall–Kier alpha value is 0.00688. The lowest BCUT2D eigenvalue weighted by Gasteiger charge is -2.50. The number of ether oxygens (including phenoxy) is 2. The maximum absolute atomic E-state index is 11.3. The Balaban J connectivity index is 3.23. The summed E-state index contributed by atoms with van der Waals surface area (Å²) in [5, 5.41) is 10.5. The first-order valence-electron chi connectivity index (χ1n) is 9.99. The highest BCUT2D eigenvalue weighted by Crippen LogP contribution is 2.53. The van der Waals surface area contributed by atoms with E-state index in [0.29, 0.717) is 23.0 Å². The van der Waals surface area contributed by atoms with Crippen LogP contribution in [0.1, 0.15) is 61.8 Å². The summed E-state index contributed by atoms with van der Waals surface area (Å²) in [5.74, 6) is -0.765. The number of rotatable bonds is 10. The Bertz CT molecular complexity index is 551. The van der Waals surface area contributed by atoms with Crippen molar-refractivity contribution in [1.82, 2.24) is 0 Å². The molecule has 3 atom stereocenters. The van der Waals surface area contributed by atoms with Crippen molar-refractivity contribution in [3.63, 3.8) is 0 Å². The number of hydrogen-bond acceptors (Lipinski definition) is 6. The molecule has 1 fully saturated rings. The van der Waals surface area contributed by atoms with E-state index >= 15 is 0 Å². The molecule has 0 aliphatic carbocycles. The van der Waals surface area contributed by atoms with Crippen molar-refractivity contribution >= 4 is 18.2 Å². The van der Waals surface area contributed by atoms with Crippen LogP contribution in [0.25, 0.3) is 0 Å². The molecule has 0 amide bonds. The highest BCUT2D eigenvalue weighted by molar-refractivity contribution is 7.85. The Morgan fingerprint density at radius 1 is 1.04 bits per heavy atom. The lowest BCUT2D eigenvalue weighted by atomic mass is 10.1. The summed E-state index contributed by atoms with van der Waals surface area (Å²) in [5.41, 5.74) is 1.40. The standard InChI is InChI=1S/C19H40O6SSi/c1-13(2)27(14(3)4,15(5)6)17(12-20)18-16(24-19(7,8)25-18)10-11-23-26(9,21)22/h13-18,20H,10-12H2,1-9H3/t16-,17-,18-/m0/s1. The third kappa shape index (κ3) is 5.76. The third-order valence-electron chi connectivity index (χ3n) is 6.16. The molecule has 162 valence electrons. The van der Waals surface area contributed by atoms with E-state index in [0.717, 1.165) is 6.26 Å². The van der Waals surface area contributed by atoms with E-state index in [1.165, 1.54) is 0 Å². The number of aliphatic hydroxyl groups excluding tert-OH is 1. The number of hydrogen-bond donors (Lipinski definition) is 1. The Morgan fingerprint density at radius 3 is 1.89 bits per heavy atom. The van der Waals surface area contributed by atoms with Crippen LogP contribution in [0.4, 0.5) is 0 Å². The molecule has 1 N–H and O–H groups in total. The fourth-order valence-corrected chi connectivity index (χ4v) is 13.7. The molecule has 1 saturated heterocycles. The van der Waals surface area contributed by atoms with E-state index < -0.39 is 24.0 Å². The highest BCUT2D eigenvalue weighted by atomic mass is 32.2. The van der Waals surface area contributed by atoms with Crippen molar-refractivity contribution in [1.29, 1.82) is 0 Å². The fourth-order valence-electron chi connectivity index (χ4n) is 5.57. The maximum Gasteiger partial charge on any atom is 0.264 e. The zero-order valence-electron chi connectivity index (χ0n) is 18.5. The average Bonchev–Trinajstić information content (AvgIpc) is 2.76. The van der Waals surface area contributed by atoms with Gasteiger partial charge in [0.25, 0.3) is 10.1 Å².